The maximum Gasteiger partial charge on any atom is 0.0850 e. The lowest BCUT2D eigenvalue weighted by atomic mass is 9.82. The first kappa shape index (κ1) is 16.9. The van der Waals surface area contributed by atoms with Crippen molar-refractivity contribution in [3.8, 4) is 0 Å². The maximum atomic E-state index is 6.60. The number of hydrogen-bond acceptors (Lipinski definition) is 0. The molecular formula is C18H19BrCl2. The summed E-state index contributed by atoms with van der Waals surface area (Å²) in [5.74, 6) is 0. The second-order valence-corrected chi connectivity index (χ2v) is 7.65. The molecule has 2 aromatic rings. The predicted molar refractivity (Wildman–Crippen MR) is 96.6 cm³/mol. The van der Waals surface area contributed by atoms with Crippen molar-refractivity contribution >= 4 is 39.1 Å². The summed E-state index contributed by atoms with van der Waals surface area (Å²) < 4.78 is 0.983. The first-order chi connectivity index (χ1) is 9.85. The normalized spacial score (nSPS) is 13.2. The van der Waals surface area contributed by atoms with Gasteiger partial charge < -0.3 is 0 Å². The van der Waals surface area contributed by atoms with Gasteiger partial charge in [-0.3, -0.25) is 0 Å². The summed E-state index contributed by atoms with van der Waals surface area (Å²) in [4.78, 5) is 0. The predicted octanol–water partition coefficient (Wildman–Crippen LogP) is 7.12. The van der Waals surface area contributed by atoms with Crippen LogP contribution in [-0.4, -0.2) is 0 Å². The minimum atomic E-state index is -0.242. The Morgan fingerprint density at radius 2 is 1.71 bits per heavy atom. The average molecular weight is 386 g/mol. The number of benzene rings is 2. The van der Waals surface area contributed by atoms with Crippen LogP contribution in [0.4, 0.5) is 0 Å². The highest BCUT2D eigenvalue weighted by Crippen LogP contribution is 2.36. The first-order valence-corrected chi connectivity index (χ1v) is 8.65. The topological polar surface area (TPSA) is 0 Å². The molecule has 1 unspecified atom stereocenters. The second kappa shape index (κ2) is 6.73. The fourth-order valence-electron chi connectivity index (χ4n) is 2.20. The van der Waals surface area contributed by atoms with E-state index >= 15 is 0 Å². The van der Waals surface area contributed by atoms with Crippen LogP contribution in [0.2, 0.25) is 5.02 Å². The molecule has 2 aromatic carbocycles. The zero-order valence-corrected chi connectivity index (χ0v) is 15.6. The Morgan fingerprint density at radius 3 is 2.29 bits per heavy atom. The largest absolute Gasteiger partial charge is 0.113 e. The summed E-state index contributed by atoms with van der Waals surface area (Å²) in [6, 6.07) is 14.3. The Balaban J connectivity index is 2.32. The van der Waals surface area contributed by atoms with Crippen LogP contribution in [0.3, 0.4) is 0 Å². The molecule has 1 atom stereocenters. The molecule has 112 valence electrons. The number of halogens is 3. The summed E-state index contributed by atoms with van der Waals surface area (Å²) in [6.45, 7) is 6.72. The van der Waals surface area contributed by atoms with Gasteiger partial charge >= 0.3 is 0 Å². The molecule has 0 aliphatic carbocycles. The van der Waals surface area contributed by atoms with E-state index < -0.39 is 0 Å². The maximum absolute atomic E-state index is 6.60. The second-order valence-electron chi connectivity index (χ2n) is 5.89. The van der Waals surface area contributed by atoms with E-state index in [1.165, 1.54) is 5.56 Å². The van der Waals surface area contributed by atoms with Crippen molar-refractivity contribution in [3.63, 3.8) is 0 Å². The Hall–Kier alpha value is -0.500. The smallest absolute Gasteiger partial charge is 0.0850 e. The fourth-order valence-corrected chi connectivity index (χ4v) is 3.18. The fraction of sp³-hybridized carbons (Fsp3) is 0.333. The van der Waals surface area contributed by atoms with E-state index in [0.717, 1.165) is 22.0 Å². The van der Waals surface area contributed by atoms with Gasteiger partial charge in [0.25, 0.3) is 0 Å². The molecule has 0 aliphatic heterocycles. The quantitative estimate of drug-likeness (QED) is 0.491. The Labute approximate surface area is 145 Å². The van der Waals surface area contributed by atoms with Gasteiger partial charge in [-0.25, -0.2) is 0 Å². The van der Waals surface area contributed by atoms with Gasteiger partial charge in [-0.05, 0) is 46.7 Å². The summed E-state index contributed by atoms with van der Waals surface area (Å²) >= 11 is 16.3. The van der Waals surface area contributed by atoms with Crippen molar-refractivity contribution in [2.45, 2.75) is 38.0 Å². The SMILES string of the molecule is CCC(C)(C)c1ccc(C(Cl)c2cc(Br)ccc2Cl)cc1. The van der Waals surface area contributed by atoms with Crippen LogP contribution in [0.5, 0.6) is 0 Å². The van der Waals surface area contributed by atoms with Gasteiger partial charge in [0.05, 0.1) is 5.38 Å². The van der Waals surface area contributed by atoms with E-state index in [2.05, 4.69) is 61.0 Å². The molecule has 0 saturated heterocycles. The Kier molecular flexibility index (Phi) is 5.40. The van der Waals surface area contributed by atoms with E-state index in [4.69, 9.17) is 23.2 Å². The number of hydrogen-bond donors (Lipinski definition) is 0. The minimum Gasteiger partial charge on any atom is -0.113 e. The molecule has 0 aliphatic rings. The molecule has 0 nitrogen and oxygen atoms in total. The van der Waals surface area contributed by atoms with Crippen molar-refractivity contribution in [2.75, 3.05) is 0 Å². The van der Waals surface area contributed by atoms with Crippen molar-refractivity contribution in [1.29, 1.82) is 0 Å². The third-order valence-electron chi connectivity index (χ3n) is 4.10. The molecule has 0 radical (unpaired) electrons. The van der Waals surface area contributed by atoms with Gasteiger partial charge in [-0.2, -0.15) is 0 Å². The van der Waals surface area contributed by atoms with Crippen LogP contribution >= 0.6 is 39.1 Å². The molecular weight excluding hydrogens is 367 g/mol. The molecule has 3 heteroatoms. The molecule has 0 amide bonds. The van der Waals surface area contributed by atoms with Gasteiger partial charge in [0.15, 0.2) is 0 Å². The molecule has 0 fully saturated rings. The third kappa shape index (κ3) is 3.83. The van der Waals surface area contributed by atoms with Crippen LogP contribution in [0.15, 0.2) is 46.9 Å². The minimum absolute atomic E-state index is 0.188. The molecule has 2 rings (SSSR count). The van der Waals surface area contributed by atoms with Gasteiger partial charge in [-0.1, -0.05) is 72.6 Å². The summed E-state index contributed by atoms with van der Waals surface area (Å²) in [5.41, 5.74) is 3.51. The highest BCUT2D eigenvalue weighted by molar-refractivity contribution is 9.10. The van der Waals surface area contributed by atoms with Gasteiger partial charge in [0, 0.05) is 9.50 Å². The molecule has 0 spiro atoms. The van der Waals surface area contributed by atoms with Crippen LogP contribution < -0.4 is 0 Å². The number of rotatable bonds is 4. The van der Waals surface area contributed by atoms with Crippen LogP contribution in [0.1, 0.15) is 49.3 Å². The van der Waals surface area contributed by atoms with Crippen molar-refractivity contribution in [3.05, 3.63) is 68.7 Å². The highest BCUT2D eigenvalue weighted by atomic mass is 79.9. The lowest BCUT2D eigenvalue weighted by Gasteiger charge is -2.24. The molecule has 0 bridgehead atoms. The summed E-state index contributed by atoms with van der Waals surface area (Å²) in [6.07, 6.45) is 1.11. The Bertz CT molecular complexity index is 618. The lowest BCUT2D eigenvalue weighted by Crippen LogP contribution is -2.15. The van der Waals surface area contributed by atoms with Gasteiger partial charge in [0.2, 0.25) is 0 Å². The van der Waals surface area contributed by atoms with Crippen molar-refractivity contribution in [1.82, 2.24) is 0 Å². The molecule has 0 heterocycles. The summed E-state index contributed by atoms with van der Waals surface area (Å²) in [7, 11) is 0. The summed E-state index contributed by atoms with van der Waals surface area (Å²) in [5, 5.41) is 0.449. The van der Waals surface area contributed by atoms with Crippen molar-refractivity contribution < 1.29 is 0 Å². The van der Waals surface area contributed by atoms with E-state index in [1.807, 2.05) is 18.2 Å². The monoisotopic (exact) mass is 384 g/mol. The van der Waals surface area contributed by atoms with E-state index in [9.17, 15) is 0 Å². The molecule has 0 N–H and O–H groups in total. The third-order valence-corrected chi connectivity index (χ3v) is 5.42. The van der Waals surface area contributed by atoms with Gasteiger partial charge in [-0.15, -0.1) is 11.6 Å². The first-order valence-electron chi connectivity index (χ1n) is 7.04. The number of alkyl halides is 1. The van der Waals surface area contributed by atoms with Gasteiger partial charge in [0.1, 0.15) is 0 Å². The molecule has 21 heavy (non-hydrogen) atoms. The molecule has 0 aromatic heterocycles. The molecule has 0 saturated carbocycles. The van der Waals surface area contributed by atoms with E-state index in [-0.39, 0.29) is 10.8 Å². The van der Waals surface area contributed by atoms with Crippen LogP contribution in [-0.2, 0) is 5.41 Å². The standard InChI is InChI=1S/C18H19BrCl2/c1-4-18(2,3)13-7-5-12(6-8-13)17(21)15-11-14(19)9-10-16(15)20/h5-11,17H,4H2,1-3H3. The van der Waals surface area contributed by atoms with Crippen LogP contribution in [0, 0.1) is 0 Å². The Morgan fingerprint density at radius 1 is 1.10 bits per heavy atom. The average Bonchev–Trinajstić information content (AvgIpc) is 2.49. The zero-order valence-electron chi connectivity index (χ0n) is 12.5. The zero-order chi connectivity index (χ0) is 15.6. The van der Waals surface area contributed by atoms with Crippen LogP contribution in [0.25, 0.3) is 0 Å². The van der Waals surface area contributed by atoms with E-state index in [1.54, 1.807) is 0 Å². The lowest BCUT2D eigenvalue weighted by molar-refractivity contribution is 0.506. The van der Waals surface area contributed by atoms with Crippen molar-refractivity contribution in [2.24, 2.45) is 0 Å². The highest BCUT2D eigenvalue weighted by Gasteiger charge is 2.19. The van der Waals surface area contributed by atoms with E-state index in [0.29, 0.717) is 5.02 Å².